The number of carboxylic acid groups (broad SMARTS) is 4. The normalized spacial score (nSPS) is 14.2. The maximum absolute atomic E-state index is 9.55. The second-order valence-corrected chi connectivity index (χ2v) is 9.65. The van der Waals surface area contributed by atoms with Gasteiger partial charge in [-0.1, -0.05) is 54.1 Å². The molecule has 1 unspecified atom stereocenters. The monoisotopic (exact) mass is 650 g/mol. The Morgan fingerprint density at radius 1 is 0.667 bits per heavy atom. The number of carboxylic acids is 4. The van der Waals surface area contributed by atoms with Gasteiger partial charge in [0.25, 0.3) is 0 Å². The Hall–Kier alpha value is -4.11. The predicted octanol–water partition coefficient (Wildman–Crippen LogP) is 2.50. The van der Waals surface area contributed by atoms with Crippen LogP contribution in [0.2, 0.25) is 5.02 Å². The van der Waals surface area contributed by atoms with Gasteiger partial charge in [0.2, 0.25) is 0 Å². The smallest absolute Gasteiger partial charge is 0.328 e. The van der Waals surface area contributed by atoms with Crippen LogP contribution in [0.3, 0.4) is 0 Å². The molecule has 2 aromatic rings. The van der Waals surface area contributed by atoms with E-state index in [1.54, 1.807) is 0 Å². The van der Waals surface area contributed by atoms with Crippen LogP contribution in [-0.2, 0) is 28.7 Å². The lowest BCUT2D eigenvalue weighted by Gasteiger charge is -2.39. The van der Waals surface area contributed by atoms with Gasteiger partial charge in [-0.15, -0.1) is 0 Å². The van der Waals surface area contributed by atoms with Crippen molar-refractivity contribution in [1.82, 2.24) is 9.80 Å². The number of hydrogen-bond acceptors (Lipinski definition) is 9. The predicted molar refractivity (Wildman–Crippen MR) is 165 cm³/mol. The van der Waals surface area contributed by atoms with Gasteiger partial charge >= 0.3 is 23.9 Å². The quantitative estimate of drug-likeness (QED) is 0.139. The molecule has 14 heteroatoms. The molecule has 246 valence electrons. The van der Waals surface area contributed by atoms with Crippen molar-refractivity contribution in [3.63, 3.8) is 0 Å². The largest absolute Gasteiger partial charge is 0.478 e. The molecule has 0 saturated carbocycles. The van der Waals surface area contributed by atoms with Crippen molar-refractivity contribution in [2.75, 3.05) is 65.8 Å². The number of piperazine rings is 1. The van der Waals surface area contributed by atoms with Crippen LogP contribution in [0, 0.1) is 0 Å². The van der Waals surface area contributed by atoms with Crippen LogP contribution in [-0.4, -0.2) is 125 Å². The summed E-state index contributed by atoms with van der Waals surface area (Å²) in [7, 11) is 0. The van der Waals surface area contributed by atoms with E-state index in [0.717, 1.165) is 37.7 Å². The fourth-order valence-corrected chi connectivity index (χ4v) is 4.13. The number of rotatable bonds is 15. The summed E-state index contributed by atoms with van der Waals surface area (Å²) in [6.07, 6.45) is 2.23. The number of ether oxygens (including phenoxy) is 2. The summed E-state index contributed by atoms with van der Waals surface area (Å²) in [4.78, 5) is 43.2. The molecule has 2 aromatic carbocycles. The van der Waals surface area contributed by atoms with Gasteiger partial charge in [-0.05, 0) is 23.3 Å². The van der Waals surface area contributed by atoms with Crippen LogP contribution in [0.1, 0.15) is 17.2 Å². The third kappa shape index (κ3) is 19.0. The number of nitrogens with zero attached hydrogens (tertiary/aromatic N) is 2. The first kappa shape index (κ1) is 38.9. The molecule has 0 radical (unpaired) electrons. The Balaban J connectivity index is 0.000000521. The first-order valence-electron chi connectivity index (χ1n) is 13.8. The van der Waals surface area contributed by atoms with Gasteiger partial charge in [0.15, 0.2) is 0 Å². The number of benzene rings is 2. The molecule has 1 fully saturated rings. The Morgan fingerprint density at radius 2 is 1.11 bits per heavy atom. The average Bonchev–Trinajstić information content (AvgIpc) is 3.01. The second kappa shape index (κ2) is 23.3. The molecule has 0 amide bonds. The lowest BCUT2D eigenvalue weighted by Crippen LogP contribution is -2.48. The topological polar surface area (TPSA) is 194 Å². The van der Waals surface area contributed by atoms with Crippen LogP contribution in [0.15, 0.2) is 78.9 Å². The summed E-state index contributed by atoms with van der Waals surface area (Å²) in [5.41, 5.74) is 2.59. The lowest BCUT2D eigenvalue weighted by atomic mass is 9.96. The zero-order valence-corrected chi connectivity index (χ0v) is 25.4. The van der Waals surface area contributed by atoms with Gasteiger partial charge in [-0.2, -0.15) is 0 Å². The fourth-order valence-electron chi connectivity index (χ4n) is 4.00. The molecule has 1 atom stereocenters. The fraction of sp³-hybridized carbons (Fsp3) is 0.355. The van der Waals surface area contributed by atoms with Gasteiger partial charge in [-0.3, -0.25) is 9.80 Å². The Labute approximate surface area is 266 Å². The molecule has 45 heavy (non-hydrogen) atoms. The number of carbonyl (C=O) groups is 4. The Morgan fingerprint density at radius 3 is 1.56 bits per heavy atom. The number of halogens is 1. The molecule has 0 spiro atoms. The zero-order valence-electron chi connectivity index (χ0n) is 24.6. The van der Waals surface area contributed by atoms with E-state index in [-0.39, 0.29) is 12.6 Å². The van der Waals surface area contributed by atoms with Crippen LogP contribution in [0.4, 0.5) is 0 Å². The van der Waals surface area contributed by atoms with Gasteiger partial charge in [0.05, 0.1) is 39.1 Å². The van der Waals surface area contributed by atoms with Crippen LogP contribution >= 0.6 is 11.6 Å². The van der Waals surface area contributed by atoms with Crippen molar-refractivity contribution < 1.29 is 54.2 Å². The van der Waals surface area contributed by atoms with E-state index in [4.69, 9.17) is 46.6 Å². The molecule has 13 nitrogen and oxygen atoms in total. The highest BCUT2D eigenvalue weighted by atomic mass is 35.5. The average molecular weight is 651 g/mol. The molecule has 0 bridgehead atoms. The number of aliphatic hydroxyl groups is 1. The standard InChI is InChI=1S/C23H31ClN2O3.2C4H4O4/c24-22-8-6-21(7-9-22)23(20-4-2-1-3-5-20)26-12-10-25(11-13-26)14-16-28-18-19-29-17-15-27;2*5-3(6)1-2-4(7)8/h1-9,23,27H,10-19H2;2*1-2H,(H,5,6)(H,7,8)/b;2*2-1-. The van der Waals surface area contributed by atoms with E-state index in [9.17, 15) is 19.2 Å². The first-order valence-corrected chi connectivity index (χ1v) is 14.2. The molecule has 1 heterocycles. The minimum Gasteiger partial charge on any atom is -0.478 e. The Kier molecular flexibility index (Phi) is 20.1. The summed E-state index contributed by atoms with van der Waals surface area (Å²) in [6, 6.07) is 19.2. The van der Waals surface area contributed by atoms with Crippen LogP contribution < -0.4 is 0 Å². The van der Waals surface area contributed by atoms with Crippen LogP contribution in [0.5, 0.6) is 0 Å². The lowest BCUT2D eigenvalue weighted by molar-refractivity contribution is -0.134. The molecule has 1 aliphatic heterocycles. The van der Waals surface area contributed by atoms with Crippen molar-refractivity contribution in [3.8, 4) is 0 Å². The highest BCUT2D eigenvalue weighted by Crippen LogP contribution is 2.30. The Bertz CT molecular complexity index is 1150. The maximum atomic E-state index is 9.55. The molecule has 1 aliphatic rings. The van der Waals surface area contributed by atoms with Crippen molar-refractivity contribution in [1.29, 1.82) is 0 Å². The van der Waals surface area contributed by atoms with Crippen molar-refractivity contribution in [3.05, 3.63) is 95.1 Å². The number of aliphatic hydroxyl groups excluding tert-OH is 1. The van der Waals surface area contributed by atoms with E-state index >= 15 is 0 Å². The van der Waals surface area contributed by atoms with Crippen molar-refractivity contribution in [2.24, 2.45) is 0 Å². The van der Waals surface area contributed by atoms with Gasteiger partial charge < -0.3 is 35.0 Å². The molecule has 3 rings (SSSR count). The maximum Gasteiger partial charge on any atom is 0.328 e. The minimum absolute atomic E-state index is 0.0598. The summed E-state index contributed by atoms with van der Waals surface area (Å²) in [5, 5.41) is 40.7. The third-order valence-corrected chi connectivity index (χ3v) is 6.22. The number of hydrogen-bond donors (Lipinski definition) is 5. The zero-order chi connectivity index (χ0) is 33.5. The van der Waals surface area contributed by atoms with Crippen molar-refractivity contribution >= 4 is 35.5 Å². The molecule has 1 saturated heterocycles. The van der Waals surface area contributed by atoms with Crippen molar-refractivity contribution in [2.45, 2.75) is 6.04 Å². The van der Waals surface area contributed by atoms with Gasteiger partial charge in [0, 0.05) is 62.1 Å². The summed E-state index contributed by atoms with van der Waals surface area (Å²) in [5.74, 6) is -5.03. The SMILES string of the molecule is O=C(O)/C=C\C(=O)O.O=C(O)/C=C\C(=O)O.OCCOCCOCCN1CCN(C(c2ccccc2)c2ccc(Cl)cc2)CC1. The highest BCUT2D eigenvalue weighted by Gasteiger charge is 2.26. The summed E-state index contributed by atoms with van der Waals surface area (Å²) in [6.45, 7) is 7.28. The first-order chi connectivity index (χ1) is 21.5. The highest BCUT2D eigenvalue weighted by molar-refractivity contribution is 6.30. The molecular formula is C31H39ClN2O11. The van der Waals surface area contributed by atoms with E-state index in [2.05, 4.69) is 52.3 Å². The second-order valence-electron chi connectivity index (χ2n) is 9.21. The molecular weight excluding hydrogens is 612 g/mol. The van der Waals surface area contributed by atoms with Gasteiger partial charge in [-0.25, -0.2) is 19.2 Å². The summed E-state index contributed by atoms with van der Waals surface area (Å²) >= 11 is 6.11. The number of aliphatic carboxylic acids is 4. The third-order valence-electron chi connectivity index (χ3n) is 5.97. The minimum atomic E-state index is -1.26. The van der Waals surface area contributed by atoms with Gasteiger partial charge in [0.1, 0.15) is 0 Å². The van der Waals surface area contributed by atoms with E-state index in [1.807, 2.05) is 12.1 Å². The molecule has 0 aromatic heterocycles. The molecule has 0 aliphatic carbocycles. The summed E-state index contributed by atoms with van der Waals surface area (Å²) < 4.78 is 10.8. The molecule has 5 N–H and O–H groups in total. The van der Waals surface area contributed by atoms with E-state index in [1.165, 1.54) is 11.1 Å². The van der Waals surface area contributed by atoms with E-state index < -0.39 is 23.9 Å². The van der Waals surface area contributed by atoms with Crippen LogP contribution in [0.25, 0.3) is 0 Å². The van der Waals surface area contributed by atoms with E-state index in [0.29, 0.717) is 50.7 Å².